The molecule has 0 fully saturated rings. The van der Waals surface area contributed by atoms with Gasteiger partial charge in [-0.15, -0.1) is 21.5 Å². The third-order valence-electron chi connectivity index (χ3n) is 4.37. The highest BCUT2D eigenvalue weighted by Crippen LogP contribution is 2.28. The first-order valence-corrected chi connectivity index (χ1v) is 11.2. The number of aromatic nitrogens is 3. The van der Waals surface area contributed by atoms with Crippen molar-refractivity contribution in [2.24, 2.45) is 0 Å². The number of nitrogens with one attached hydrogen (secondary N) is 1. The number of amides is 1. The topological polar surface area (TPSA) is 69.0 Å². The van der Waals surface area contributed by atoms with E-state index >= 15 is 0 Å². The number of thiophene rings is 1. The third kappa shape index (κ3) is 4.72. The number of ether oxygens (including phenoxy) is 1. The SMILES string of the molecule is COc1ccc(-n2c(SCC(=O)NCc3cccs3)nnc2-c2ccccc2)cc1. The van der Waals surface area contributed by atoms with Crippen molar-refractivity contribution in [1.29, 1.82) is 0 Å². The van der Waals surface area contributed by atoms with Gasteiger partial charge in [0.1, 0.15) is 5.75 Å². The number of benzene rings is 2. The first-order chi connectivity index (χ1) is 14.7. The quantitative estimate of drug-likeness (QED) is 0.414. The van der Waals surface area contributed by atoms with Gasteiger partial charge in [-0.2, -0.15) is 0 Å². The maximum absolute atomic E-state index is 12.3. The number of hydrogen-bond acceptors (Lipinski definition) is 6. The average Bonchev–Trinajstić information content (AvgIpc) is 3.47. The summed E-state index contributed by atoms with van der Waals surface area (Å²) in [5.74, 6) is 1.71. The van der Waals surface area contributed by atoms with E-state index in [1.165, 1.54) is 11.8 Å². The summed E-state index contributed by atoms with van der Waals surface area (Å²) >= 11 is 2.99. The number of rotatable bonds is 8. The molecule has 0 bridgehead atoms. The summed E-state index contributed by atoms with van der Waals surface area (Å²) < 4.78 is 7.23. The van der Waals surface area contributed by atoms with E-state index in [1.54, 1.807) is 18.4 Å². The lowest BCUT2D eigenvalue weighted by atomic mass is 10.2. The molecule has 1 amide bonds. The molecule has 0 unspecified atom stereocenters. The molecule has 2 heterocycles. The number of nitrogens with zero attached hydrogens (tertiary/aromatic N) is 3. The Morgan fingerprint density at radius 1 is 1.07 bits per heavy atom. The molecule has 152 valence electrons. The molecule has 2 aromatic carbocycles. The van der Waals surface area contributed by atoms with Crippen molar-refractivity contribution in [3.8, 4) is 22.8 Å². The van der Waals surface area contributed by atoms with Gasteiger partial charge in [0.15, 0.2) is 11.0 Å². The van der Waals surface area contributed by atoms with Crippen LogP contribution in [0.5, 0.6) is 5.75 Å². The number of carbonyl (C=O) groups is 1. The monoisotopic (exact) mass is 436 g/mol. The number of thioether (sulfide) groups is 1. The van der Waals surface area contributed by atoms with Crippen LogP contribution in [0.4, 0.5) is 0 Å². The van der Waals surface area contributed by atoms with E-state index in [2.05, 4.69) is 15.5 Å². The molecule has 8 heteroatoms. The largest absolute Gasteiger partial charge is 0.497 e. The Hall–Kier alpha value is -3.10. The molecule has 1 N–H and O–H groups in total. The van der Waals surface area contributed by atoms with E-state index in [1.807, 2.05) is 76.7 Å². The summed E-state index contributed by atoms with van der Waals surface area (Å²) in [6, 6.07) is 21.6. The molecule has 0 saturated heterocycles. The zero-order valence-corrected chi connectivity index (χ0v) is 18.0. The molecule has 30 heavy (non-hydrogen) atoms. The minimum atomic E-state index is -0.0426. The van der Waals surface area contributed by atoms with Gasteiger partial charge < -0.3 is 10.1 Å². The molecule has 0 aliphatic heterocycles. The van der Waals surface area contributed by atoms with Crippen molar-refractivity contribution < 1.29 is 9.53 Å². The predicted molar refractivity (Wildman–Crippen MR) is 120 cm³/mol. The summed E-state index contributed by atoms with van der Waals surface area (Å²) in [7, 11) is 1.64. The van der Waals surface area contributed by atoms with Crippen molar-refractivity contribution >= 4 is 29.0 Å². The zero-order valence-electron chi connectivity index (χ0n) is 16.3. The Kier molecular flexibility index (Phi) is 6.46. The molecule has 0 atom stereocenters. The van der Waals surface area contributed by atoms with Gasteiger partial charge in [-0.3, -0.25) is 9.36 Å². The highest BCUT2D eigenvalue weighted by Gasteiger charge is 2.17. The normalized spacial score (nSPS) is 10.7. The minimum absolute atomic E-state index is 0.0426. The molecule has 0 aliphatic carbocycles. The van der Waals surface area contributed by atoms with E-state index < -0.39 is 0 Å². The van der Waals surface area contributed by atoms with Crippen LogP contribution < -0.4 is 10.1 Å². The van der Waals surface area contributed by atoms with Gasteiger partial charge in [-0.25, -0.2) is 0 Å². The van der Waals surface area contributed by atoms with Crippen LogP contribution in [0, 0.1) is 0 Å². The highest BCUT2D eigenvalue weighted by molar-refractivity contribution is 7.99. The summed E-state index contributed by atoms with van der Waals surface area (Å²) in [6.45, 7) is 0.539. The van der Waals surface area contributed by atoms with Gasteiger partial charge in [-0.05, 0) is 35.7 Å². The second kappa shape index (κ2) is 9.60. The lowest BCUT2D eigenvalue weighted by Gasteiger charge is -2.11. The second-order valence-electron chi connectivity index (χ2n) is 6.35. The summed E-state index contributed by atoms with van der Waals surface area (Å²) in [4.78, 5) is 13.4. The van der Waals surface area contributed by atoms with Crippen LogP contribution in [0.15, 0.2) is 77.3 Å². The number of methoxy groups -OCH3 is 1. The second-order valence-corrected chi connectivity index (χ2v) is 8.33. The standard InChI is InChI=1S/C22H20N4O2S2/c1-28-18-11-9-17(10-12-18)26-21(16-6-3-2-4-7-16)24-25-22(26)30-15-20(27)23-14-19-8-5-13-29-19/h2-13H,14-15H2,1H3,(H,23,27). The third-order valence-corrected chi connectivity index (χ3v) is 6.17. The highest BCUT2D eigenvalue weighted by atomic mass is 32.2. The fraction of sp³-hybridized carbons (Fsp3) is 0.136. The first-order valence-electron chi connectivity index (χ1n) is 9.32. The Morgan fingerprint density at radius 3 is 2.57 bits per heavy atom. The summed E-state index contributed by atoms with van der Waals surface area (Å²) in [6.07, 6.45) is 0. The van der Waals surface area contributed by atoms with E-state index in [0.29, 0.717) is 11.7 Å². The molecular weight excluding hydrogens is 416 g/mol. The summed E-state index contributed by atoms with van der Waals surface area (Å²) in [5.41, 5.74) is 1.86. The average molecular weight is 437 g/mol. The van der Waals surface area contributed by atoms with Crippen LogP contribution >= 0.6 is 23.1 Å². The van der Waals surface area contributed by atoms with Crippen molar-refractivity contribution in [3.63, 3.8) is 0 Å². The van der Waals surface area contributed by atoms with Gasteiger partial charge in [-0.1, -0.05) is 48.2 Å². The van der Waals surface area contributed by atoms with Gasteiger partial charge in [0, 0.05) is 16.1 Å². The van der Waals surface area contributed by atoms with Gasteiger partial charge in [0.2, 0.25) is 5.91 Å². The lowest BCUT2D eigenvalue weighted by molar-refractivity contribution is -0.118. The van der Waals surface area contributed by atoms with Crippen LogP contribution in [-0.4, -0.2) is 33.5 Å². The molecule has 0 spiro atoms. The van der Waals surface area contributed by atoms with Crippen LogP contribution in [0.1, 0.15) is 4.88 Å². The maximum atomic E-state index is 12.3. The number of hydrogen-bond donors (Lipinski definition) is 1. The maximum Gasteiger partial charge on any atom is 0.230 e. The molecule has 0 radical (unpaired) electrons. The van der Waals surface area contributed by atoms with Gasteiger partial charge >= 0.3 is 0 Å². The Bertz CT molecular complexity index is 1090. The fourth-order valence-electron chi connectivity index (χ4n) is 2.88. The van der Waals surface area contributed by atoms with E-state index in [0.717, 1.165) is 27.7 Å². The molecule has 4 rings (SSSR count). The zero-order chi connectivity index (χ0) is 20.8. The fourth-order valence-corrected chi connectivity index (χ4v) is 4.31. The van der Waals surface area contributed by atoms with Gasteiger partial charge in [0.05, 0.1) is 19.4 Å². The van der Waals surface area contributed by atoms with Crippen LogP contribution in [0.3, 0.4) is 0 Å². The van der Waals surface area contributed by atoms with Crippen LogP contribution in [-0.2, 0) is 11.3 Å². The minimum Gasteiger partial charge on any atom is -0.497 e. The van der Waals surface area contributed by atoms with Crippen molar-refractivity contribution in [3.05, 3.63) is 77.0 Å². The predicted octanol–water partition coefficient (Wildman–Crippen LogP) is 4.41. The summed E-state index contributed by atoms with van der Waals surface area (Å²) in [5, 5.41) is 14.4. The van der Waals surface area contributed by atoms with Crippen molar-refractivity contribution in [2.75, 3.05) is 12.9 Å². The Morgan fingerprint density at radius 2 is 1.87 bits per heavy atom. The van der Waals surface area contributed by atoms with E-state index in [-0.39, 0.29) is 11.7 Å². The molecule has 4 aromatic rings. The Balaban J connectivity index is 1.56. The van der Waals surface area contributed by atoms with E-state index in [4.69, 9.17) is 4.74 Å². The molecular formula is C22H20N4O2S2. The molecule has 0 aliphatic rings. The van der Waals surface area contributed by atoms with Crippen LogP contribution in [0.2, 0.25) is 0 Å². The van der Waals surface area contributed by atoms with Crippen molar-refractivity contribution in [2.45, 2.75) is 11.7 Å². The molecule has 6 nitrogen and oxygen atoms in total. The number of carbonyl (C=O) groups excluding carboxylic acids is 1. The molecule has 2 aromatic heterocycles. The lowest BCUT2D eigenvalue weighted by Crippen LogP contribution is -2.24. The molecule has 0 saturated carbocycles. The van der Waals surface area contributed by atoms with Crippen LogP contribution in [0.25, 0.3) is 17.1 Å². The Labute approximate surface area is 182 Å². The van der Waals surface area contributed by atoms with Gasteiger partial charge in [0.25, 0.3) is 0 Å². The van der Waals surface area contributed by atoms with Crippen molar-refractivity contribution in [1.82, 2.24) is 20.1 Å². The first kappa shape index (κ1) is 20.2. The van der Waals surface area contributed by atoms with E-state index in [9.17, 15) is 4.79 Å². The smallest absolute Gasteiger partial charge is 0.230 e.